The standard InChI is InChI=1S/C16H23N3O/c1-12-4-3-5-13(2)15(12)16(20)19-10-14(11-19)18-8-6-17-7-9-18/h3-5,14,17H,6-11H2,1-2H3. The van der Waals surface area contributed by atoms with Gasteiger partial charge in [0.25, 0.3) is 5.91 Å². The summed E-state index contributed by atoms with van der Waals surface area (Å²) in [5.74, 6) is 0.201. The number of nitrogens with one attached hydrogen (secondary N) is 1. The van der Waals surface area contributed by atoms with Gasteiger partial charge in [-0.2, -0.15) is 0 Å². The maximum absolute atomic E-state index is 12.6. The van der Waals surface area contributed by atoms with Gasteiger partial charge in [-0.05, 0) is 25.0 Å². The van der Waals surface area contributed by atoms with Gasteiger partial charge in [-0.25, -0.2) is 0 Å². The molecule has 1 aromatic carbocycles. The second-order valence-corrected chi connectivity index (χ2v) is 5.92. The first-order valence-electron chi connectivity index (χ1n) is 7.47. The molecule has 4 nitrogen and oxygen atoms in total. The third kappa shape index (κ3) is 2.45. The molecule has 2 fully saturated rings. The van der Waals surface area contributed by atoms with Crippen LogP contribution in [0, 0.1) is 13.8 Å². The quantitative estimate of drug-likeness (QED) is 0.874. The molecule has 1 aromatic rings. The van der Waals surface area contributed by atoms with Gasteiger partial charge in [-0.1, -0.05) is 18.2 Å². The van der Waals surface area contributed by atoms with Crippen LogP contribution in [-0.4, -0.2) is 61.0 Å². The van der Waals surface area contributed by atoms with Crippen LogP contribution in [0.3, 0.4) is 0 Å². The minimum atomic E-state index is 0.201. The van der Waals surface area contributed by atoms with Crippen LogP contribution in [0.2, 0.25) is 0 Å². The van der Waals surface area contributed by atoms with E-state index in [-0.39, 0.29) is 5.91 Å². The minimum absolute atomic E-state index is 0.201. The Kier molecular flexibility index (Phi) is 3.76. The van der Waals surface area contributed by atoms with Gasteiger partial charge in [0.15, 0.2) is 0 Å². The molecule has 3 rings (SSSR count). The van der Waals surface area contributed by atoms with E-state index < -0.39 is 0 Å². The Bertz CT molecular complexity index is 482. The Morgan fingerprint density at radius 3 is 2.35 bits per heavy atom. The summed E-state index contributed by atoms with van der Waals surface area (Å²) in [4.78, 5) is 17.1. The molecular weight excluding hydrogens is 250 g/mol. The average Bonchev–Trinajstić information content (AvgIpc) is 2.38. The molecule has 0 saturated carbocycles. The van der Waals surface area contributed by atoms with Crippen molar-refractivity contribution in [3.05, 3.63) is 34.9 Å². The summed E-state index contributed by atoms with van der Waals surface area (Å²) in [7, 11) is 0. The predicted molar refractivity (Wildman–Crippen MR) is 80.1 cm³/mol. The van der Waals surface area contributed by atoms with E-state index in [1.54, 1.807) is 0 Å². The van der Waals surface area contributed by atoms with Crippen LogP contribution < -0.4 is 5.32 Å². The summed E-state index contributed by atoms with van der Waals surface area (Å²) in [6, 6.07) is 6.62. The van der Waals surface area contributed by atoms with Crippen molar-refractivity contribution >= 4 is 5.91 Å². The number of likely N-dealkylation sites (tertiary alicyclic amines) is 1. The first-order chi connectivity index (χ1) is 9.66. The van der Waals surface area contributed by atoms with E-state index in [1.165, 1.54) is 0 Å². The van der Waals surface area contributed by atoms with Crippen LogP contribution >= 0.6 is 0 Å². The molecule has 0 radical (unpaired) electrons. The predicted octanol–water partition coefficient (Wildman–Crippen LogP) is 1.03. The number of hydrogen-bond donors (Lipinski definition) is 1. The van der Waals surface area contributed by atoms with E-state index >= 15 is 0 Å². The number of carbonyl (C=O) groups excluding carboxylic acids is 1. The van der Waals surface area contributed by atoms with Crippen molar-refractivity contribution in [3.8, 4) is 0 Å². The van der Waals surface area contributed by atoms with Crippen LogP contribution in [-0.2, 0) is 0 Å². The van der Waals surface area contributed by atoms with Crippen molar-refractivity contribution in [2.24, 2.45) is 0 Å². The monoisotopic (exact) mass is 273 g/mol. The van der Waals surface area contributed by atoms with Crippen LogP contribution in [0.1, 0.15) is 21.5 Å². The zero-order valence-electron chi connectivity index (χ0n) is 12.4. The fourth-order valence-electron chi connectivity index (χ4n) is 3.21. The van der Waals surface area contributed by atoms with E-state index in [1.807, 2.05) is 36.9 Å². The lowest BCUT2D eigenvalue weighted by molar-refractivity contribution is 0.0226. The number of piperazine rings is 1. The van der Waals surface area contributed by atoms with Crippen molar-refractivity contribution < 1.29 is 4.79 Å². The summed E-state index contributed by atoms with van der Waals surface area (Å²) < 4.78 is 0. The Labute approximate surface area is 120 Å². The van der Waals surface area contributed by atoms with E-state index in [0.29, 0.717) is 6.04 Å². The van der Waals surface area contributed by atoms with Gasteiger partial charge < -0.3 is 10.2 Å². The SMILES string of the molecule is Cc1cccc(C)c1C(=O)N1CC(N2CCNCC2)C1. The highest BCUT2D eigenvalue weighted by atomic mass is 16.2. The zero-order chi connectivity index (χ0) is 14.1. The van der Waals surface area contributed by atoms with Gasteiger partial charge in [-0.3, -0.25) is 9.69 Å². The van der Waals surface area contributed by atoms with Crippen molar-refractivity contribution in [2.75, 3.05) is 39.3 Å². The number of aryl methyl sites for hydroxylation is 2. The largest absolute Gasteiger partial charge is 0.335 e. The maximum Gasteiger partial charge on any atom is 0.254 e. The minimum Gasteiger partial charge on any atom is -0.335 e. The molecule has 20 heavy (non-hydrogen) atoms. The molecule has 0 aromatic heterocycles. The third-order valence-electron chi connectivity index (χ3n) is 4.51. The van der Waals surface area contributed by atoms with Crippen LogP contribution in [0.4, 0.5) is 0 Å². The highest BCUT2D eigenvalue weighted by Gasteiger charge is 2.36. The molecule has 2 aliphatic rings. The fraction of sp³-hybridized carbons (Fsp3) is 0.562. The number of benzene rings is 1. The molecular formula is C16H23N3O. The molecule has 0 aliphatic carbocycles. The molecule has 2 saturated heterocycles. The highest BCUT2D eigenvalue weighted by Crippen LogP contribution is 2.22. The smallest absolute Gasteiger partial charge is 0.254 e. The normalized spacial score (nSPS) is 20.8. The van der Waals surface area contributed by atoms with E-state index in [9.17, 15) is 4.79 Å². The van der Waals surface area contributed by atoms with Crippen molar-refractivity contribution in [1.29, 1.82) is 0 Å². The third-order valence-corrected chi connectivity index (χ3v) is 4.51. The van der Waals surface area contributed by atoms with Gasteiger partial charge in [0, 0.05) is 50.9 Å². The first-order valence-corrected chi connectivity index (χ1v) is 7.47. The topological polar surface area (TPSA) is 35.6 Å². The molecule has 2 aliphatic heterocycles. The lowest BCUT2D eigenvalue weighted by Gasteiger charge is -2.47. The molecule has 0 spiro atoms. The van der Waals surface area contributed by atoms with E-state index in [4.69, 9.17) is 0 Å². The molecule has 108 valence electrons. The highest BCUT2D eigenvalue weighted by molar-refractivity contribution is 5.97. The summed E-state index contributed by atoms with van der Waals surface area (Å²) in [5, 5.41) is 3.37. The fourth-order valence-corrected chi connectivity index (χ4v) is 3.21. The van der Waals surface area contributed by atoms with Gasteiger partial charge in [-0.15, -0.1) is 0 Å². The molecule has 1 N–H and O–H groups in total. The molecule has 2 heterocycles. The first kappa shape index (κ1) is 13.6. The summed E-state index contributed by atoms with van der Waals surface area (Å²) in [6.07, 6.45) is 0. The van der Waals surface area contributed by atoms with Crippen molar-refractivity contribution in [3.63, 3.8) is 0 Å². The summed E-state index contributed by atoms with van der Waals surface area (Å²) >= 11 is 0. The second kappa shape index (κ2) is 5.54. The van der Waals surface area contributed by atoms with Crippen LogP contribution in [0.5, 0.6) is 0 Å². The number of carbonyl (C=O) groups is 1. The van der Waals surface area contributed by atoms with Gasteiger partial charge in [0.2, 0.25) is 0 Å². The molecule has 0 bridgehead atoms. The lowest BCUT2D eigenvalue weighted by atomic mass is 9.98. The van der Waals surface area contributed by atoms with Gasteiger partial charge in [0.05, 0.1) is 0 Å². The second-order valence-electron chi connectivity index (χ2n) is 5.92. The van der Waals surface area contributed by atoms with E-state index in [0.717, 1.165) is 56.0 Å². The number of nitrogens with zero attached hydrogens (tertiary/aromatic N) is 2. The van der Waals surface area contributed by atoms with E-state index in [2.05, 4.69) is 10.2 Å². The molecule has 0 unspecified atom stereocenters. The Hall–Kier alpha value is -1.39. The van der Waals surface area contributed by atoms with Crippen LogP contribution in [0.25, 0.3) is 0 Å². The number of amides is 1. The average molecular weight is 273 g/mol. The lowest BCUT2D eigenvalue weighted by Crippen LogP contribution is -2.64. The van der Waals surface area contributed by atoms with Crippen molar-refractivity contribution in [2.45, 2.75) is 19.9 Å². The van der Waals surface area contributed by atoms with Gasteiger partial charge >= 0.3 is 0 Å². The number of rotatable bonds is 2. The number of hydrogen-bond acceptors (Lipinski definition) is 3. The van der Waals surface area contributed by atoms with Gasteiger partial charge in [0.1, 0.15) is 0 Å². The summed E-state index contributed by atoms with van der Waals surface area (Å²) in [5.41, 5.74) is 3.06. The maximum atomic E-state index is 12.6. The van der Waals surface area contributed by atoms with Crippen LogP contribution in [0.15, 0.2) is 18.2 Å². The van der Waals surface area contributed by atoms with Crippen molar-refractivity contribution in [1.82, 2.24) is 15.1 Å². The Balaban J connectivity index is 1.63. The molecule has 4 heteroatoms. The molecule has 0 atom stereocenters. The Morgan fingerprint density at radius 2 is 1.75 bits per heavy atom. The molecule has 1 amide bonds. The summed E-state index contributed by atoms with van der Waals surface area (Å²) in [6.45, 7) is 10.2. The Morgan fingerprint density at radius 1 is 1.15 bits per heavy atom. The zero-order valence-corrected chi connectivity index (χ0v) is 12.4.